The molecule has 10 heteroatoms. The first-order valence-electron chi connectivity index (χ1n) is 9.84. The number of para-hydroxylation sites is 1. The quantitative estimate of drug-likeness (QED) is 0.439. The smallest absolute Gasteiger partial charge is 0.322 e. The zero-order valence-electron chi connectivity index (χ0n) is 17.8. The highest BCUT2D eigenvalue weighted by molar-refractivity contribution is 7.89. The maximum atomic E-state index is 12.6. The zero-order chi connectivity index (χ0) is 23.4. The van der Waals surface area contributed by atoms with E-state index in [4.69, 9.17) is 9.15 Å². The average Bonchev–Trinajstić information content (AvgIpc) is 3.28. The van der Waals surface area contributed by atoms with Gasteiger partial charge in [0.2, 0.25) is 15.9 Å². The molecule has 0 unspecified atom stereocenters. The van der Waals surface area contributed by atoms with Gasteiger partial charge in [-0.2, -0.15) is 0 Å². The predicted molar refractivity (Wildman–Crippen MR) is 122 cm³/mol. The molecule has 168 valence electrons. The van der Waals surface area contributed by atoms with Crippen molar-refractivity contribution in [2.45, 2.75) is 4.90 Å². The van der Waals surface area contributed by atoms with Gasteiger partial charge in [-0.1, -0.05) is 29.4 Å². The van der Waals surface area contributed by atoms with Crippen LogP contribution in [0.1, 0.15) is 10.4 Å². The Morgan fingerprint density at radius 1 is 0.909 bits per heavy atom. The Kier molecular flexibility index (Phi) is 6.20. The number of sulfonamides is 1. The molecule has 0 aliphatic heterocycles. The first-order chi connectivity index (χ1) is 15.8. The van der Waals surface area contributed by atoms with E-state index in [1.165, 1.54) is 26.2 Å². The lowest BCUT2D eigenvalue weighted by atomic mass is 10.2. The normalized spacial score (nSPS) is 11.4. The maximum absolute atomic E-state index is 12.6. The second kappa shape index (κ2) is 9.23. The van der Waals surface area contributed by atoms with Crippen LogP contribution in [0.2, 0.25) is 0 Å². The maximum Gasteiger partial charge on any atom is 0.322 e. The summed E-state index contributed by atoms with van der Waals surface area (Å²) in [6, 6.07) is 21.8. The molecule has 0 fully saturated rings. The summed E-state index contributed by atoms with van der Waals surface area (Å²) in [5.74, 6) is 0.852. The molecule has 0 atom stereocenters. The predicted octanol–water partition coefficient (Wildman–Crippen LogP) is 4.03. The van der Waals surface area contributed by atoms with Crippen molar-refractivity contribution >= 4 is 21.9 Å². The monoisotopic (exact) mass is 464 g/mol. The van der Waals surface area contributed by atoms with E-state index in [0.717, 1.165) is 4.31 Å². The Morgan fingerprint density at radius 2 is 1.61 bits per heavy atom. The number of rotatable bonds is 7. The van der Waals surface area contributed by atoms with Gasteiger partial charge in [0, 0.05) is 25.2 Å². The molecular formula is C23H20N4O5S. The summed E-state index contributed by atoms with van der Waals surface area (Å²) in [5, 5.41) is 10.3. The van der Waals surface area contributed by atoms with Crippen molar-refractivity contribution in [2.75, 3.05) is 19.4 Å². The van der Waals surface area contributed by atoms with Crippen molar-refractivity contribution in [1.82, 2.24) is 14.5 Å². The van der Waals surface area contributed by atoms with E-state index in [2.05, 4.69) is 15.5 Å². The Balaban J connectivity index is 1.46. The van der Waals surface area contributed by atoms with Gasteiger partial charge in [-0.05, 0) is 54.6 Å². The van der Waals surface area contributed by atoms with E-state index < -0.39 is 15.9 Å². The van der Waals surface area contributed by atoms with Crippen LogP contribution in [-0.4, -0.2) is 42.9 Å². The second-order valence-corrected chi connectivity index (χ2v) is 9.27. The fourth-order valence-electron chi connectivity index (χ4n) is 2.87. The number of aromatic nitrogens is 2. The Labute approximate surface area is 190 Å². The molecule has 1 amide bonds. The third-order valence-electron chi connectivity index (χ3n) is 4.60. The minimum atomic E-state index is -3.54. The van der Waals surface area contributed by atoms with Crippen LogP contribution in [0.15, 0.2) is 88.2 Å². The third kappa shape index (κ3) is 5.08. The fraction of sp³-hybridized carbons (Fsp3) is 0.0870. The van der Waals surface area contributed by atoms with E-state index >= 15 is 0 Å². The zero-order valence-corrected chi connectivity index (χ0v) is 18.6. The van der Waals surface area contributed by atoms with Gasteiger partial charge in [0.1, 0.15) is 11.5 Å². The van der Waals surface area contributed by atoms with E-state index in [1.807, 2.05) is 30.3 Å². The van der Waals surface area contributed by atoms with E-state index in [-0.39, 0.29) is 16.8 Å². The summed E-state index contributed by atoms with van der Waals surface area (Å²) in [5.41, 5.74) is 0.861. The van der Waals surface area contributed by atoms with Gasteiger partial charge in [-0.25, -0.2) is 12.7 Å². The molecule has 0 radical (unpaired) electrons. The van der Waals surface area contributed by atoms with E-state index in [9.17, 15) is 13.2 Å². The topological polar surface area (TPSA) is 115 Å². The van der Waals surface area contributed by atoms with Crippen LogP contribution in [0.25, 0.3) is 11.5 Å². The SMILES string of the molecule is CN(C)S(=O)(=O)c1ccc(-c2nnc(NC(=O)c3cccc(Oc4ccccc4)c3)o2)cc1. The Bertz CT molecular complexity index is 1370. The highest BCUT2D eigenvalue weighted by atomic mass is 32.2. The number of ether oxygens (including phenoxy) is 1. The van der Waals surface area contributed by atoms with Gasteiger partial charge in [0.25, 0.3) is 5.91 Å². The lowest BCUT2D eigenvalue weighted by molar-refractivity contribution is 0.102. The van der Waals surface area contributed by atoms with Crippen molar-refractivity contribution in [3.05, 3.63) is 84.4 Å². The molecule has 1 heterocycles. The van der Waals surface area contributed by atoms with Crippen molar-refractivity contribution in [1.29, 1.82) is 0 Å². The molecule has 0 saturated heterocycles. The van der Waals surface area contributed by atoms with Crippen LogP contribution in [0.3, 0.4) is 0 Å². The molecule has 4 rings (SSSR count). The number of carbonyl (C=O) groups is 1. The molecule has 1 N–H and O–H groups in total. The first-order valence-corrected chi connectivity index (χ1v) is 11.3. The number of carbonyl (C=O) groups excluding carboxylic acids is 1. The molecule has 33 heavy (non-hydrogen) atoms. The number of anilines is 1. The van der Waals surface area contributed by atoms with Crippen molar-refractivity contribution < 1.29 is 22.4 Å². The highest BCUT2D eigenvalue weighted by Gasteiger charge is 2.18. The molecule has 0 spiro atoms. The summed E-state index contributed by atoms with van der Waals surface area (Å²) in [7, 11) is -0.625. The highest BCUT2D eigenvalue weighted by Crippen LogP contribution is 2.24. The van der Waals surface area contributed by atoms with Crippen molar-refractivity contribution in [3.63, 3.8) is 0 Å². The van der Waals surface area contributed by atoms with Crippen LogP contribution >= 0.6 is 0 Å². The molecule has 0 bridgehead atoms. The minimum absolute atomic E-state index is 0.0885. The number of hydrogen-bond acceptors (Lipinski definition) is 7. The summed E-state index contributed by atoms with van der Waals surface area (Å²) < 4.78 is 36.8. The molecule has 0 saturated carbocycles. The number of nitrogens with one attached hydrogen (secondary N) is 1. The van der Waals surface area contributed by atoms with Crippen LogP contribution in [0.4, 0.5) is 6.01 Å². The van der Waals surface area contributed by atoms with Crippen LogP contribution < -0.4 is 10.1 Å². The third-order valence-corrected chi connectivity index (χ3v) is 6.43. The Hall–Kier alpha value is -4.02. The van der Waals surface area contributed by atoms with Gasteiger partial charge in [-0.15, -0.1) is 5.10 Å². The molecule has 9 nitrogen and oxygen atoms in total. The summed E-state index contributed by atoms with van der Waals surface area (Å²) >= 11 is 0. The van der Waals surface area contributed by atoms with E-state index in [0.29, 0.717) is 22.6 Å². The summed E-state index contributed by atoms with van der Waals surface area (Å²) in [4.78, 5) is 12.8. The van der Waals surface area contributed by atoms with Crippen LogP contribution in [-0.2, 0) is 10.0 Å². The molecule has 4 aromatic rings. The lowest BCUT2D eigenvalue weighted by Crippen LogP contribution is -2.22. The number of amides is 1. The summed E-state index contributed by atoms with van der Waals surface area (Å²) in [6.07, 6.45) is 0. The van der Waals surface area contributed by atoms with Gasteiger partial charge < -0.3 is 9.15 Å². The van der Waals surface area contributed by atoms with Crippen molar-refractivity contribution in [3.8, 4) is 23.0 Å². The number of hydrogen-bond donors (Lipinski definition) is 1. The Morgan fingerprint density at radius 3 is 2.30 bits per heavy atom. The molecule has 1 aromatic heterocycles. The first kappa shape index (κ1) is 22.2. The molecule has 0 aliphatic rings. The summed E-state index contributed by atoms with van der Waals surface area (Å²) in [6.45, 7) is 0. The van der Waals surface area contributed by atoms with Gasteiger partial charge in [0.05, 0.1) is 4.90 Å². The number of nitrogens with zero attached hydrogens (tertiary/aromatic N) is 3. The van der Waals surface area contributed by atoms with Gasteiger partial charge in [-0.3, -0.25) is 10.1 Å². The lowest BCUT2D eigenvalue weighted by Gasteiger charge is -2.11. The number of benzene rings is 3. The van der Waals surface area contributed by atoms with E-state index in [1.54, 1.807) is 36.4 Å². The van der Waals surface area contributed by atoms with Crippen molar-refractivity contribution in [2.24, 2.45) is 0 Å². The second-order valence-electron chi connectivity index (χ2n) is 7.12. The van der Waals surface area contributed by atoms with Gasteiger partial charge >= 0.3 is 6.01 Å². The largest absolute Gasteiger partial charge is 0.457 e. The molecule has 3 aromatic carbocycles. The average molecular weight is 465 g/mol. The molecule has 0 aliphatic carbocycles. The molecular weight excluding hydrogens is 444 g/mol. The van der Waals surface area contributed by atoms with Gasteiger partial charge in [0.15, 0.2) is 0 Å². The minimum Gasteiger partial charge on any atom is -0.457 e. The standard InChI is InChI=1S/C23H20N4O5S/c1-27(2)33(29,30)20-13-11-16(12-14-20)22-25-26-23(32-22)24-21(28)17-7-6-10-19(15-17)31-18-8-4-3-5-9-18/h3-15H,1-2H3,(H,24,26,28). The van der Waals surface area contributed by atoms with Crippen LogP contribution in [0, 0.1) is 0 Å². The fourth-order valence-corrected chi connectivity index (χ4v) is 3.77. The van der Waals surface area contributed by atoms with Crippen LogP contribution in [0.5, 0.6) is 11.5 Å².